The van der Waals surface area contributed by atoms with Crippen molar-refractivity contribution >= 4 is 29.1 Å². The summed E-state index contributed by atoms with van der Waals surface area (Å²) in [6.45, 7) is 5.04. The van der Waals surface area contributed by atoms with E-state index in [2.05, 4.69) is 10.6 Å². The third kappa shape index (κ3) is 7.61. The van der Waals surface area contributed by atoms with Crippen LogP contribution in [0.25, 0.3) is 0 Å². The molecule has 2 aromatic rings. The molecule has 30 heavy (non-hydrogen) atoms. The van der Waals surface area contributed by atoms with E-state index < -0.39 is 6.04 Å². The molecule has 0 saturated heterocycles. The lowest BCUT2D eigenvalue weighted by Crippen LogP contribution is -2.46. The average Bonchev–Trinajstić information content (AvgIpc) is 3.25. The standard InChI is InChI=1S/C22H29N3O4S/c1-3-29-13-8-12-23-22(28)21(18-9-5-4-6-10-18)25(16-19-11-7-14-30-19)20(27)15-24-17(2)26/h4-7,9-11,14,21H,3,8,12-13,15-16H2,1-2H3,(H,23,28)(H,24,26)/t21-/m1/s1. The molecule has 0 aliphatic carbocycles. The summed E-state index contributed by atoms with van der Waals surface area (Å²) >= 11 is 1.51. The van der Waals surface area contributed by atoms with Crippen LogP contribution in [0.15, 0.2) is 47.8 Å². The smallest absolute Gasteiger partial charge is 0.247 e. The summed E-state index contributed by atoms with van der Waals surface area (Å²) in [6.07, 6.45) is 0.686. The van der Waals surface area contributed by atoms with Crippen molar-refractivity contribution in [2.45, 2.75) is 32.9 Å². The van der Waals surface area contributed by atoms with Gasteiger partial charge in [0.25, 0.3) is 0 Å². The summed E-state index contributed by atoms with van der Waals surface area (Å²) in [7, 11) is 0. The number of thiophene rings is 1. The molecule has 7 nitrogen and oxygen atoms in total. The molecule has 1 aromatic carbocycles. The molecule has 1 heterocycles. The molecule has 1 atom stereocenters. The molecule has 2 rings (SSSR count). The third-order valence-corrected chi connectivity index (χ3v) is 5.22. The fraction of sp³-hybridized carbons (Fsp3) is 0.409. The van der Waals surface area contributed by atoms with Crippen LogP contribution in [0.5, 0.6) is 0 Å². The highest BCUT2D eigenvalue weighted by atomic mass is 32.1. The molecule has 0 spiro atoms. The van der Waals surface area contributed by atoms with Gasteiger partial charge in [-0.2, -0.15) is 0 Å². The molecule has 0 unspecified atom stereocenters. The van der Waals surface area contributed by atoms with E-state index in [1.807, 2.05) is 54.8 Å². The Morgan fingerprint density at radius 3 is 2.50 bits per heavy atom. The minimum atomic E-state index is -0.804. The summed E-state index contributed by atoms with van der Waals surface area (Å²) < 4.78 is 5.32. The number of carbonyl (C=O) groups is 3. The number of benzene rings is 1. The van der Waals surface area contributed by atoms with Crippen molar-refractivity contribution in [2.75, 3.05) is 26.3 Å². The minimum Gasteiger partial charge on any atom is -0.382 e. The SMILES string of the molecule is CCOCCCNC(=O)[C@@H](c1ccccc1)N(Cc1cccs1)C(=O)CNC(C)=O. The van der Waals surface area contributed by atoms with Crippen LogP contribution >= 0.6 is 11.3 Å². The number of hydrogen-bond acceptors (Lipinski definition) is 5. The van der Waals surface area contributed by atoms with Crippen molar-refractivity contribution < 1.29 is 19.1 Å². The van der Waals surface area contributed by atoms with Gasteiger partial charge in [-0.15, -0.1) is 11.3 Å². The van der Waals surface area contributed by atoms with Gasteiger partial charge in [-0.1, -0.05) is 36.4 Å². The molecule has 0 radical (unpaired) electrons. The van der Waals surface area contributed by atoms with Gasteiger partial charge in [0.1, 0.15) is 6.04 Å². The van der Waals surface area contributed by atoms with Gasteiger partial charge in [-0.05, 0) is 30.4 Å². The zero-order valence-corrected chi connectivity index (χ0v) is 18.2. The Labute approximate surface area is 181 Å². The van der Waals surface area contributed by atoms with Gasteiger partial charge in [-0.3, -0.25) is 14.4 Å². The van der Waals surface area contributed by atoms with Crippen LogP contribution in [0.4, 0.5) is 0 Å². The molecule has 0 aliphatic heterocycles. The fourth-order valence-corrected chi connectivity index (χ4v) is 3.63. The minimum absolute atomic E-state index is 0.165. The summed E-state index contributed by atoms with van der Waals surface area (Å²) in [5.41, 5.74) is 0.715. The average molecular weight is 432 g/mol. The lowest BCUT2D eigenvalue weighted by molar-refractivity contribution is -0.141. The Hall–Kier alpha value is -2.71. The number of nitrogens with one attached hydrogen (secondary N) is 2. The van der Waals surface area contributed by atoms with Gasteiger partial charge in [0.15, 0.2) is 0 Å². The predicted octanol–water partition coefficient (Wildman–Crippen LogP) is 2.50. The third-order valence-electron chi connectivity index (χ3n) is 4.36. The molecule has 0 aliphatic rings. The molecule has 0 saturated carbocycles. The van der Waals surface area contributed by atoms with E-state index in [0.717, 1.165) is 4.88 Å². The summed E-state index contributed by atoms with van der Waals surface area (Å²) in [5.74, 6) is -0.876. The number of amides is 3. The molecule has 162 valence electrons. The molecule has 0 bridgehead atoms. The lowest BCUT2D eigenvalue weighted by atomic mass is 10.0. The van der Waals surface area contributed by atoms with E-state index >= 15 is 0 Å². The number of nitrogens with zero attached hydrogens (tertiary/aromatic N) is 1. The van der Waals surface area contributed by atoms with Crippen LogP contribution in [0.3, 0.4) is 0 Å². The highest BCUT2D eigenvalue weighted by molar-refractivity contribution is 7.09. The quantitative estimate of drug-likeness (QED) is 0.506. The van der Waals surface area contributed by atoms with Gasteiger partial charge in [0, 0.05) is 31.6 Å². The van der Waals surface area contributed by atoms with Crippen LogP contribution < -0.4 is 10.6 Å². The Morgan fingerprint density at radius 1 is 1.10 bits per heavy atom. The van der Waals surface area contributed by atoms with Gasteiger partial charge in [0.2, 0.25) is 17.7 Å². The van der Waals surface area contributed by atoms with Crippen LogP contribution in [0.2, 0.25) is 0 Å². The largest absolute Gasteiger partial charge is 0.382 e. The van der Waals surface area contributed by atoms with Crippen LogP contribution in [-0.2, 0) is 25.7 Å². The monoisotopic (exact) mass is 431 g/mol. The van der Waals surface area contributed by atoms with Crippen molar-refractivity contribution in [3.63, 3.8) is 0 Å². The van der Waals surface area contributed by atoms with E-state index in [4.69, 9.17) is 4.74 Å². The fourth-order valence-electron chi connectivity index (χ4n) is 2.93. The molecule has 1 aromatic heterocycles. The number of carbonyl (C=O) groups excluding carboxylic acids is 3. The summed E-state index contributed by atoms with van der Waals surface area (Å²) in [4.78, 5) is 40.0. The van der Waals surface area contributed by atoms with Gasteiger partial charge < -0.3 is 20.3 Å². The van der Waals surface area contributed by atoms with Crippen molar-refractivity contribution in [3.8, 4) is 0 Å². The van der Waals surface area contributed by atoms with Crippen LogP contribution in [0, 0.1) is 0 Å². The molecular formula is C22H29N3O4S. The van der Waals surface area contributed by atoms with E-state index in [0.29, 0.717) is 31.7 Å². The van der Waals surface area contributed by atoms with Gasteiger partial charge >= 0.3 is 0 Å². The first-order valence-electron chi connectivity index (χ1n) is 9.99. The van der Waals surface area contributed by atoms with E-state index in [1.54, 1.807) is 0 Å². The van der Waals surface area contributed by atoms with E-state index in [-0.39, 0.29) is 30.8 Å². The van der Waals surface area contributed by atoms with E-state index in [1.165, 1.54) is 23.2 Å². The maximum Gasteiger partial charge on any atom is 0.247 e. The topological polar surface area (TPSA) is 87.7 Å². The first-order valence-corrected chi connectivity index (χ1v) is 10.9. The molecule has 8 heteroatoms. The normalized spacial score (nSPS) is 11.5. The highest BCUT2D eigenvalue weighted by Crippen LogP contribution is 2.25. The second-order valence-corrected chi connectivity index (χ2v) is 7.70. The van der Waals surface area contributed by atoms with Gasteiger partial charge in [0.05, 0.1) is 13.1 Å². The molecule has 3 amide bonds. The second-order valence-electron chi connectivity index (χ2n) is 6.67. The van der Waals surface area contributed by atoms with Crippen molar-refractivity contribution in [1.82, 2.24) is 15.5 Å². The predicted molar refractivity (Wildman–Crippen MR) is 117 cm³/mol. The molecule has 2 N–H and O–H groups in total. The van der Waals surface area contributed by atoms with Crippen LogP contribution in [0.1, 0.15) is 36.8 Å². The number of ether oxygens (including phenoxy) is 1. The molecular weight excluding hydrogens is 402 g/mol. The Bertz CT molecular complexity index is 796. The second kappa shape index (κ2) is 12.8. The Kier molecular flexibility index (Phi) is 10.0. The zero-order valence-electron chi connectivity index (χ0n) is 17.4. The van der Waals surface area contributed by atoms with Crippen LogP contribution in [-0.4, -0.2) is 48.9 Å². The maximum absolute atomic E-state index is 13.2. The summed E-state index contributed by atoms with van der Waals surface area (Å²) in [5, 5.41) is 7.39. The van der Waals surface area contributed by atoms with Crippen molar-refractivity contribution in [3.05, 3.63) is 58.3 Å². The summed E-state index contributed by atoms with van der Waals surface area (Å²) in [6, 6.07) is 12.2. The first kappa shape index (κ1) is 23.6. The van der Waals surface area contributed by atoms with Crippen molar-refractivity contribution in [2.24, 2.45) is 0 Å². The van der Waals surface area contributed by atoms with Crippen molar-refractivity contribution in [1.29, 1.82) is 0 Å². The highest BCUT2D eigenvalue weighted by Gasteiger charge is 2.31. The Morgan fingerprint density at radius 2 is 1.87 bits per heavy atom. The Balaban J connectivity index is 2.25. The van der Waals surface area contributed by atoms with Gasteiger partial charge in [-0.25, -0.2) is 0 Å². The maximum atomic E-state index is 13.2. The number of hydrogen-bond donors (Lipinski definition) is 2. The molecule has 0 fully saturated rings. The lowest BCUT2D eigenvalue weighted by Gasteiger charge is -2.31. The van der Waals surface area contributed by atoms with E-state index in [9.17, 15) is 14.4 Å². The zero-order chi connectivity index (χ0) is 21.8. The first-order chi connectivity index (χ1) is 14.5. The number of rotatable bonds is 12.